The third kappa shape index (κ3) is 3.68. The topological polar surface area (TPSA) is 41.6 Å². The summed E-state index contributed by atoms with van der Waals surface area (Å²) in [5.41, 5.74) is 0. The van der Waals surface area contributed by atoms with Gasteiger partial charge in [-0.25, -0.2) is 0 Å². The summed E-state index contributed by atoms with van der Waals surface area (Å²) in [7, 11) is 0. The van der Waals surface area contributed by atoms with Crippen LogP contribution < -0.4 is 5.32 Å². The minimum atomic E-state index is 0.268. The molecule has 0 aromatic heterocycles. The molecule has 2 rings (SSSR count). The largest absolute Gasteiger partial charge is 0.378 e. The van der Waals surface area contributed by atoms with E-state index in [4.69, 9.17) is 4.74 Å². The van der Waals surface area contributed by atoms with Crippen LogP contribution in [-0.2, 0) is 9.53 Å². The molecule has 2 fully saturated rings. The highest BCUT2D eigenvalue weighted by Gasteiger charge is 2.24. The van der Waals surface area contributed by atoms with Crippen molar-refractivity contribution in [2.45, 2.75) is 51.2 Å². The number of nitrogens with zero attached hydrogens (tertiary/aromatic N) is 1. The van der Waals surface area contributed by atoms with E-state index in [0.29, 0.717) is 25.2 Å². The van der Waals surface area contributed by atoms with Crippen LogP contribution in [0.4, 0.5) is 0 Å². The van der Waals surface area contributed by atoms with Gasteiger partial charge in [0.05, 0.1) is 19.1 Å². The van der Waals surface area contributed by atoms with Crippen molar-refractivity contribution in [2.24, 2.45) is 0 Å². The molecule has 1 amide bonds. The second-order valence-corrected chi connectivity index (χ2v) is 5.15. The zero-order valence-corrected chi connectivity index (χ0v) is 10.8. The molecular weight excluding hydrogens is 216 g/mol. The molecule has 1 unspecified atom stereocenters. The maximum absolute atomic E-state index is 11.9. The smallest absolute Gasteiger partial charge is 0.225 e. The molecule has 4 nitrogen and oxygen atoms in total. The Morgan fingerprint density at radius 1 is 1.35 bits per heavy atom. The van der Waals surface area contributed by atoms with Gasteiger partial charge in [-0.2, -0.15) is 0 Å². The Bertz CT molecular complexity index is 252. The van der Waals surface area contributed by atoms with Crippen molar-refractivity contribution >= 4 is 5.91 Å². The third-order valence-electron chi connectivity index (χ3n) is 3.83. The van der Waals surface area contributed by atoms with Gasteiger partial charge >= 0.3 is 0 Å². The number of ether oxygens (including phenoxy) is 1. The van der Waals surface area contributed by atoms with Crippen molar-refractivity contribution in [3.05, 3.63) is 0 Å². The highest BCUT2D eigenvalue weighted by molar-refractivity contribution is 5.76. The highest BCUT2D eigenvalue weighted by atomic mass is 16.5. The predicted molar refractivity (Wildman–Crippen MR) is 66.9 cm³/mol. The van der Waals surface area contributed by atoms with Crippen LogP contribution >= 0.6 is 0 Å². The molecule has 1 atom stereocenters. The molecule has 0 radical (unpaired) electrons. The number of hydrogen-bond acceptors (Lipinski definition) is 3. The van der Waals surface area contributed by atoms with Gasteiger partial charge in [0.15, 0.2) is 0 Å². The van der Waals surface area contributed by atoms with Gasteiger partial charge in [-0.3, -0.25) is 4.79 Å². The minimum absolute atomic E-state index is 0.268. The van der Waals surface area contributed by atoms with Gasteiger partial charge < -0.3 is 15.0 Å². The summed E-state index contributed by atoms with van der Waals surface area (Å²) in [5.74, 6) is 0.268. The lowest BCUT2D eigenvalue weighted by atomic mass is 10.1. The van der Waals surface area contributed by atoms with Crippen molar-refractivity contribution in [3.8, 4) is 0 Å². The zero-order chi connectivity index (χ0) is 12.1. The SMILES string of the molecule is CC1CCCN1C(=O)CCOC1CCNCC1. The second-order valence-electron chi connectivity index (χ2n) is 5.15. The molecule has 0 aliphatic carbocycles. The molecule has 2 aliphatic heterocycles. The zero-order valence-electron chi connectivity index (χ0n) is 10.8. The Labute approximate surface area is 104 Å². The van der Waals surface area contributed by atoms with Gasteiger partial charge in [-0.15, -0.1) is 0 Å². The van der Waals surface area contributed by atoms with Gasteiger partial charge in [0.25, 0.3) is 0 Å². The second kappa shape index (κ2) is 6.36. The van der Waals surface area contributed by atoms with E-state index < -0.39 is 0 Å². The van der Waals surface area contributed by atoms with Crippen LogP contribution in [0.2, 0.25) is 0 Å². The molecule has 1 N–H and O–H groups in total. The number of rotatable bonds is 4. The van der Waals surface area contributed by atoms with Crippen molar-refractivity contribution in [1.82, 2.24) is 10.2 Å². The van der Waals surface area contributed by atoms with Crippen LogP contribution in [0.5, 0.6) is 0 Å². The van der Waals surface area contributed by atoms with Gasteiger partial charge in [-0.05, 0) is 45.7 Å². The summed E-state index contributed by atoms with van der Waals surface area (Å²) in [6.45, 7) is 5.75. The van der Waals surface area contributed by atoms with E-state index >= 15 is 0 Å². The molecule has 17 heavy (non-hydrogen) atoms. The summed E-state index contributed by atoms with van der Waals surface area (Å²) in [6.07, 6.45) is 5.37. The molecule has 4 heteroatoms. The fraction of sp³-hybridized carbons (Fsp3) is 0.923. The number of piperidine rings is 1. The standard InChI is InChI=1S/C13H24N2O2/c1-11-3-2-9-15(11)13(16)6-10-17-12-4-7-14-8-5-12/h11-12,14H,2-10H2,1H3. The lowest BCUT2D eigenvalue weighted by Crippen LogP contribution is -2.36. The Balaban J connectivity index is 1.62. The molecule has 0 saturated carbocycles. The van der Waals surface area contributed by atoms with E-state index in [2.05, 4.69) is 12.2 Å². The maximum atomic E-state index is 11.9. The van der Waals surface area contributed by atoms with Crippen LogP contribution in [0.25, 0.3) is 0 Å². The summed E-state index contributed by atoms with van der Waals surface area (Å²) in [5, 5.41) is 3.31. The number of amides is 1. The normalized spacial score (nSPS) is 26.4. The first-order valence-corrected chi connectivity index (χ1v) is 6.89. The molecule has 2 aliphatic rings. The number of hydrogen-bond donors (Lipinski definition) is 1. The lowest BCUT2D eigenvalue weighted by molar-refractivity contribution is -0.133. The van der Waals surface area contributed by atoms with Gasteiger partial charge in [0.2, 0.25) is 5.91 Å². The molecule has 0 aromatic carbocycles. The Morgan fingerprint density at radius 2 is 2.12 bits per heavy atom. The fourth-order valence-electron chi connectivity index (χ4n) is 2.72. The molecular formula is C13H24N2O2. The van der Waals surface area contributed by atoms with Gasteiger partial charge in [0, 0.05) is 12.6 Å². The number of nitrogens with one attached hydrogen (secondary N) is 1. The first-order valence-electron chi connectivity index (χ1n) is 6.89. The average Bonchev–Trinajstić information content (AvgIpc) is 2.77. The number of likely N-dealkylation sites (tertiary alicyclic amines) is 1. The van der Waals surface area contributed by atoms with Crippen LogP contribution in [0, 0.1) is 0 Å². The summed E-state index contributed by atoms with van der Waals surface area (Å²) >= 11 is 0. The quantitative estimate of drug-likeness (QED) is 0.801. The fourth-order valence-corrected chi connectivity index (χ4v) is 2.72. The van der Waals surface area contributed by atoms with Crippen LogP contribution in [0.3, 0.4) is 0 Å². The molecule has 0 bridgehead atoms. The average molecular weight is 240 g/mol. The van der Waals surface area contributed by atoms with E-state index in [1.165, 1.54) is 0 Å². The predicted octanol–water partition coefficient (Wildman–Crippen LogP) is 1.16. The van der Waals surface area contributed by atoms with E-state index in [0.717, 1.165) is 45.3 Å². The summed E-state index contributed by atoms with van der Waals surface area (Å²) < 4.78 is 5.76. The molecule has 98 valence electrons. The molecule has 2 saturated heterocycles. The first-order chi connectivity index (χ1) is 8.27. The number of carbonyl (C=O) groups excluding carboxylic acids is 1. The van der Waals surface area contributed by atoms with Crippen molar-refractivity contribution in [2.75, 3.05) is 26.2 Å². The number of carbonyl (C=O) groups is 1. The first kappa shape index (κ1) is 12.8. The van der Waals surface area contributed by atoms with Gasteiger partial charge in [0.1, 0.15) is 0 Å². The monoisotopic (exact) mass is 240 g/mol. The highest BCUT2D eigenvalue weighted by Crippen LogP contribution is 2.17. The van der Waals surface area contributed by atoms with Crippen molar-refractivity contribution in [3.63, 3.8) is 0 Å². The van der Waals surface area contributed by atoms with E-state index in [-0.39, 0.29) is 5.91 Å². The van der Waals surface area contributed by atoms with E-state index in [9.17, 15) is 4.79 Å². The molecule has 2 heterocycles. The van der Waals surface area contributed by atoms with Crippen molar-refractivity contribution in [1.29, 1.82) is 0 Å². The lowest BCUT2D eigenvalue weighted by Gasteiger charge is -2.24. The van der Waals surface area contributed by atoms with E-state index in [1.807, 2.05) is 4.90 Å². The Hall–Kier alpha value is -0.610. The maximum Gasteiger partial charge on any atom is 0.225 e. The van der Waals surface area contributed by atoms with Crippen LogP contribution in [0.1, 0.15) is 39.0 Å². The summed E-state index contributed by atoms with van der Waals surface area (Å²) in [6, 6.07) is 0.432. The Morgan fingerprint density at radius 3 is 2.76 bits per heavy atom. The van der Waals surface area contributed by atoms with Crippen LogP contribution in [0.15, 0.2) is 0 Å². The summed E-state index contributed by atoms with van der Waals surface area (Å²) in [4.78, 5) is 13.9. The minimum Gasteiger partial charge on any atom is -0.378 e. The van der Waals surface area contributed by atoms with Crippen molar-refractivity contribution < 1.29 is 9.53 Å². The Kier molecular flexibility index (Phi) is 4.80. The van der Waals surface area contributed by atoms with E-state index in [1.54, 1.807) is 0 Å². The van der Waals surface area contributed by atoms with Crippen LogP contribution in [-0.4, -0.2) is 49.2 Å². The molecule has 0 spiro atoms. The van der Waals surface area contributed by atoms with Gasteiger partial charge in [-0.1, -0.05) is 0 Å². The third-order valence-corrected chi connectivity index (χ3v) is 3.83. The molecule has 0 aromatic rings.